The lowest BCUT2D eigenvalue weighted by Crippen LogP contribution is -2.25. The predicted octanol–water partition coefficient (Wildman–Crippen LogP) is 2.74. The van der Waals surface area contributed by atoms with Gasteiger partial charge in [0, 0.05) is 23.9 Å². The van der Waals surface area contributed by atoms with Crippen molar-refractivity contribution in [2.24, 2.45) is 0 Å². The monoisotopic (exact) mass is 329 g/mol. The number of carboxylic acid groups (broad SMARTS) is 1. The average molecular weight is 329 g/mol. The Labute approximate surface area is 139 Å². The van der Waals surface area contributed by atoms with Gasteiger partial charge in [-0.05, 0) is 30.5 Å². The van der Waals surface area contributed by atoms with Crippen molar-refractivity contribution in [3.05, 3.63) is 45.7 Å². The van der Waals surface area contributed by atoms with Gasteiger partial charge in [0.05, 0.1) is 19.9 Å². The highest BCUT2D eigenvalue weighted by Gasteiger charge is 2.26. The van der Waals surface area contributed by atoms with Crippen LogP contribution in [0.4, 0.5) is 0 Å². The number of rotatable bonds is 4. The maximum atomic E-state index is 12.2. The molecule has 1 atom stereocenters. The van der Waals surface area contributed by atoms with Gasteiger partial charge >= 0.3 is 5.97 Å². The summed E-state index contributed by atoms with van der Waals surface area (Å²) in [5, 5.41) is 9.22. The summed E-state index contributed by atoms with van der Waals surface area (Å²) in [6.45, 7) is 2.04. The van der Waals surface area contributed by atoms with E-state index in [1.165, 1.54) is 12.3 Å². The SMILES string of the molecule is CCC1Cc2cc(OC)c(OC)cc2-c2cc(=O)c(C(=O)O)cn21. The van der Waals surface area contributed by atoms with Gasteiger partial charge in [-0.25, -0.2) is 4.79 Å². The van der Waals surface area contributed by atoms with E-state index in [1.54, 1.807) is 14.2 Å². The smallest absolute Gasteiger partial charge is 0.341 e. The Morgan fingerprint density at radius 3 is 2.50 bits per heavy atom. The maximum Gasteiger partial charge on any atom is 0.341 e. The van der Waals surface area contributed by atoms with Crippen LogP contribution in [0.2, 0.25) is 0 Å². The first-order valence-electron chi connectivity index (χ1n) is 7.74. The molecule has 3 rings (SSSR count). The van der Waals surface area contributed by atoms with Crippen LogP contribution >= 0.6 is 0 Å². The van der Waals surface area contributed by atoms with E-state index in [0.717, 1.165) is 24.0 Å². The van der Waals surface area contributed by atoms with E-state index in [9.17, 15) is 14.7 Å². The second-order valence-electron chi connectivity index (χ2n) is 5.78. The van der Waals surface area contributed by atoms with Gasteiger partial charge in [-0.3, -0.25) is 4.79 Å². The van der Waals surface area contributed by atoms with Crippen LogP contribution in [0, 0.1) is 0 Å². The van der Waals surface area contributed by atoms with E-state index in [1.807, 2.05) is 23.6 Å². The van der Waals surface area contributed by atoms with Crippen molar-refractivity contribution < 1.29 is 19.4 Å². The van der Waals surface area contributed by atoms with Crippen LogP contribution in [-0.4, -0.2) is 29.9 Å². The van der Waals surface area contributed by atoms with Crippen molar-refractivity contribution in [2.45, 2.75) is 25.8 Å². The standard InChI is InChI=1S/C18H19NO5/c1-4-11-5-10-6-16(23-2)17(24-3)7-12(10)14-8-15(20)13(18(21)22)9-19(11)14/h6-9,11H,4-5H2,1-3H3,(H,21,22). The fraction of sp³-hybridized carbons (Fsp3) is 0.333. The normalized spacial score (nSPS) is 15.4. The molecule has 1 aliphatic heterocycles. The van der Waals surface area contributed by atoms with Crippen LogP contribution in [0.25, 0.3) is 11.3 Å². The highest BCUT2D eigenvalue weighted by molar-refractivity contribution is 5.87. The van der Waals surface area contributed by atoms with Gasteiger partial charge in [0.2, 0.25) is 0 Å². The number of aromatic carboxylic acids is 1. The number of ether oxygens (including phenoxy) is 2. The van der Waals surface area contributed by atoms with Crippen LogP contribution in [0.5, 0.6) is 11.5 Å². The van der Waals surface area contributed by atoms with Gasteiger partial charge in [0.1, 0.15) is 5.56 Å². The van der Waals surface area contributed by atoms with Crippen LogP contribution in [0.15, 0.2) is 29.2 Å². The third kappa shape index (κ3) is 2.44. The summed E-state index contributed by atoms with van der Waals surface area (Å²) in [5.74, 6) is 0.0137. The van der Waals surface area contributed by atoms with E-state index in [0.29, 0.717) is 17.2 Å². The molecular weight excluding hydrogens is 310 g/mol. The average Bonchev–Trinajstić information content (AvgIpc) is 2.58. The molecule has 0 spiro atoms. The Bertz CT molecular complexity index is 868. The zero-order valence-corrected chi connectivity index (χ0v) is 13.8. The molecule has 1 aromatic carbocycles. The number of benzene rings is 1. The molecule has 126 valence electrons. The minimum absolute atomic E-state index is 0.0873. The number of hydrogen-bond acceptors (Lipinski definition) is 4. The quantitative estimate of drug-likeness (QED) is 0.933. The minimum atomic E-state index is -1.21. The van der Waals surface area contributed by atoms with Crippen molar-refractivity contribution in [2.75, 3.05) is 14.2 Å². The Balaban J connectivity index is 2.29. The van der Waals surface area contributed by atoms with Gasteiger partial charge in [-0.1, -0.05) is 6.92 Å². The molecule has 0 saturated heterocycles. The number of carbonyl (C=O) groups is 1. The van der Waals surface area contributed by atoms with E-state index < -0.39 is 11.4 Å². The van der Waals surface area contributed by atoms with E-state index in [4.69, 9.17) is 9.47 Å². The lowest BCUT2D eigenvalue weighted by atomic mass is 9.90. The van der Waals surface area contributed by atoms with Crippen molar-refractivity contribution in [1.29, 1.82) is 0 Å². The summed E-state index contributed by atoms with van der Waals surface area (Å²) in [6.07, 6.45) is 3.01. The van der Waals surface area contributed by atoms with Crippen molar-refractivity contribution in [3.63, 3.8) is 0 Å². The largest absolute Gasteiger partial charge is 0.493 e. The first-order valence-corrected chi connectivity index (χ1v) is 7.74. The Hall–Kier alpha value is -2.76. The Kier molecular flexibility index (Phi) is 4.05. The highest BCUT2D eigenvalue weighted by atomic mass is 16.5. The van der Waals surface area contributed by atoms with E-state index in [2.05, 4.69) is 0 Å². The van der Waals surface area contributed by atoms with Crippen LogP contribution in [-0.2, 0) is 6.42 Å². The molecule has 1 aromatic heterocycles. The van der Waals surface area contributed by atoms with Gasteiger partial charge in [-0.15, -0.1) is 0 Å². The number of fused-ring (bicyclic) bond motifs is 3. The summed E-state index contributed by atoms with van der Waals surface area (Å²) in [4.78, 5) is 23.4. The molecule has 0 amide bonds. The molecule has 2 heterocycles. The first-order chi connectivity index (χ1) is 11.5. The summed E-state index contributed by atoms with van der Waals surface area (Å²) < 4.78 is 12.6. The molecule has 0 radical (unpaired) electrons. The molecule has 6 nitrogen and oxygen atoms in total. The summed E-state index contributed by atoms with van der Waals surface area (Å²) in [5.41, 5.74) is 1.93. The molecule has 0 fully saturated rings. The van der Waals surface area contributed by atoms with Crippen LogP contribution < -0.4 is 14.9 Å². The molecule has 0 bridgehead atoms. The molecule has 1 N–H and O–H groups in total. The first kappa shape index (κ1) is 16.1. The summed E-state index contributed by atoms with van der Waals surface area (Å²) in [6, 6.07) is 5.25. The number of nitrogens with zero attached hydrogens (tertiary/aromatic N) is 1. The predicted molar refractivity (Wildman–Crippen MR) is 89.2 cm³/mol. The molecule has 1 unspecified atom stereocenters. The molecule has 24 heavy (non-hydrogen) atoms. The number of pyridine rings is 1. The van der Waals surface area contributed by atoms with Gasteiger partial charge in [0.25, 0.3) is 0 Å². The van der Waals surface area contributed by atoms with Gasteiger partial charge in [-0.2, -0.15) is 0 Å². The fourth-order valence-electron chi connectivity index (χ4n) is 3.25. The summed E-state index contributed by atoms with van der Waals surface area (Å²) >= 11 is 0. The molecule has 6 heteroatoms. The zero-order chi connectivity index (χ0) is 17.4. The topological polar surface area (TPSA) is 77.8 Å². The zero-order valence-electron chi connectivity index (χ0n) is 13.8. The lowest BCUT2D eigenvalue weighted by Gasteiger charge is -2.30. The third-order valence-corrected chi connectivity index (χ3v) is 4.52. The molecular formula is C18H19NO5. The van der Waals surface area contributed by atoms with E-state index in [-0.39, 0.29) is 11.6 Å². The number of carboxylic acids is 1. The van der Waals surface area contributed by atoms with Crippen molar-refractivity contribution in [3.8, 4) is 22.8 Å². The number of hydrogen-bond donors (Lipinski definition) is 1. The van der Waals surface area contributed by atoms with Crippen LogP contribution in [0.3, 0.4) is 0 Å². The number of methoxy groups -OCH3 is 2. The van der Waals surface area contributed by atoms with Crippen molar-refractivity contribution in [1.82, 2.24) is 4.57 Å². The second-order valence-corrected chi connectivity index (χ2v) is 5.78. The van der Waals surface area contributed by atoms with Crippen LogP contribution in [0.1, 0.15) is 35.3 Å². The molecule has 1 aliphatic rings. The second kappa shape index (κ2) is 6.03. The van der Waals surface area contributed by atoms with E-state index >= 15 is 0 Å². The molecule has 2 aromatic rings. The maximum absolute atomic E-state index is 12.2. The Morgan fingerprint density at radius 2 is 1.92 bits per heavy atom. The highest BCUT2D eigenvalue weighted by Crippen LogP contribution is 2.41. The lowest BCUT2D eigenvalue weighted by molar-refractivity contribution is 0.0694. The summed E-state index contributed by atoms with van der Waals surface area (Å²) in [7, 11) is 3.14. The Morgan fingerprint density at radius 1 is 1.25 bits per heavy atom. The van der Waals surface area contributed by atoms with Gasteiger partial charge in [0.15, 0.2) is 16.9 Å². The minimum Gasteiger partial charge on any atom is -0.493 e. The molecule has 0 aliphatic carbocycles. The third-order valence-electron chi connectivity index (χ3n) is 4.52. The van der Waals surface area contributed by atoms with Gasteiger partial charge < -0.3 is 19.1 Å². The number of aromatic nitrogens is 1. The fourth-order valence-corrected chi connectivity index (χ4v) is 3.25. The molecule has 0 saturated carbocycles. The van der Waals surface area contributed by atoms with Crippen molar-refractivity contribution >= 4 is 5.97 Å².